The number of thioether (sulfide) groups is 4. The lowest BCUT2D eigenvalue weighted by Gasteiger charge is -2.28. The smallest absolute Gasteiger partial charge is 0.221 e. The lowest BCUT2D eigenvalue weighted by molar-refractivity contribution is -0.123. The number of amides is 4. The quantitative estimate of drug-likeness (QED) is 0.0435. The van der Waals surface area contributed by atoms with Crippen LogP contribution in [0, 0.1) is 0 Å². The summed E-state index contributed by atoms with van der Waals surface area (Å²) in [5.74, 6) is 8.69. The van der Waals surface area contributed by atoms with Crippen molar-refractivity contribution in [3.8, 4) is 0 Å². The zero-order valence-electron chi connectivity index (χ0n) is 50.4. The second-order valence-corrected chi connectivity index (χ2v) is 26.2. The molecular weight excluding hydrogens is 1020 g/mol. The SMILES string of the molecule is CCCCCCCCCSCCNC(=O)CCN(CCC(=O)NCCSCCCCCCCCC)CCN(C)CCN(CCC(=O)NCCSCCCCCCCCC)CCC(=O)NCCSCCCCCCCCC. The van der Waals surface area contributed by atoms with E-state index < -0.39 is 0 Å². The second kappa shape index (κ2) is 61.8. The van der Waals surface area contributed by atoms with Crippen molar-refractivity contribution in [2.75, 3.05) is 132 Å². The summed E-state index contributed by atoms with van der Waals surface area (Å²) in [5, 5.41) is 12.6. The summed E-state index contributed by atoms with van der Waals surface area (Å²) in [4.78, 5) is 58.9. The molecule has 15 heteroatoms. The van der Waals surface area contributed by atoms with Crippen molar-refractivity contribution < 1.29 is 19.2 Å². The Hall–Kier alpha value is -0.840. The molecule has 0 aromatic carbocycles. The fraction of sp³-hybridized carbons (Fsp3) is 0.934. The van der Waals surface area contributed by atoms with Gasteiger partial charge in [-0.1, -0.05) is 182 Å². The molecule has 0 aliphatic rings. The second-order valence-electron chi connectivity index (χ2n) is 21.3. The number of unbranched alkanes of at least 4 members (excludes halogenated alkanes) is 24. The van der Waals surface area contributed by atoms with Gasteiger partial charge < -0.3 is 36.0 Å². The van der Waals surface area contributed by atoms with E-state index in [1.165, 1.54) is 180 Å². The molecule has 0 atom stereocenters. The number of nitrogens with one attached hydrogen (secondary N) is 4. The Morgan fingerprint density at radius 1 is 0.276 bits per heavy atom. The Labute approximate surface area is 487 Å². The molecule has 0 bridgehead atoms. The van der Waals surface area contributed by atoms with Gasteiger partial charge in [-0.2, -0.15) is 47.0 Å². The number of hydrogen-bond acceptors (Lipinski definition) is 11. The van der Waals surface area contributed by atoms with Crippen molar-refractivity contribution in [2.24, 2.45) is 0 Å². The summed E-state index contributed by atoms with van der Waals surface area (Å²) in [6.45, 7) is 17.3. The predicted molar refractivity (Wildman–Crippen MR) is 342 cm³/mol. The Morgan fingerprint density at radius 3 is 0.711 bits per heavy atom. The first kappa shape index (κ1) is 75.2. The van der Waals surface area contributed by atoms with Crippen LogP contribution in [0.15, 0.2) is 0 Å². The maximum absolute atomic E-state index is 13.0. The Morgan fingerprint density at radius 2 is 0.487 bits per heavy atom. The molecule has 450 valence electrons. The minimum Gasteiger partial charge on any atom is -0.355 e. The fourth-order valence-electron chi connectivity index (χ4n) is 8.90. The van der Waals surface area contributed by atoms with Gasteiger partial charge in [0.25, 0.3) is 0 Å². The molecule has 0 saturated heterocycles. The van der Waals surface area contributed by atoms with E-state index in [1.54, 1.807) is 0 Å². The van der Waals surface area contributed by atoms with Crippen molar-refractivity contribution in [1.29, 1.82) is 0 Å². The highest BCUT2D eigenvalue weighted by molar-refractivity contribution is 7.99. The van der Waals surface area contributed by atoms with Gasteiger partial charge in [0.1, 0.15) is 0 Å². The Bertz CT molecular complexity index is 1100. The van der Waals surface area contributed by atoms with Gasteiger partial charge in [0.05, 0.1) is 0 Å². The minimum absolute atomic E-state index is 0.0746. The van der Waals surface area contributed by atoms with E-state index in [2.05, 4.69) is 70.7 Å². The molecule has 0 aliphatic carbocycles. The van der Waals surface area contributed by atoms with Gasteiger partial charge in [0.15, 0.2) is 0 Å². The van der Waals surface area contributed by atoms with E-state index in [-0.39, 0.29) is 23.6 Å². The van der Waals surface area contributed by atoms with Crippen molar-refractivity contribution in [2.45, 2.75) is 233 Å². The van der Waals surface area contributed by atoms with E-state index in [9.17, 15) is 19.2 Å². The van der Waals surface area contributed by atoms with E-state index in [0.29, 0.717) is 78.0 Å². The molecule has 0 radical (unpaired) electrons. The third-order valence-electron chi connectivity index (χ3n) is 14.1. The fourth-order valence-corrected chi connectivity index (χ4v) is 12.3. The van der Waals surface area contributed by atoms with Crippen molar-refractivity contribution in [3.05, 3.63) is 0 Å². The van der Waals surface area contributed by atoms with Gasteiger partial charge in [-0.05, 0) is 55.7 Å². The largest absolute Gasteiger partial charge is 0.355 e. The molecule has 0 spiro atoms. The molecule has 0 aliphatic heterocycles. The van der Waals surface area contributed by atoms with Crippen LogP contribution < -0.4 is 21.3 Å². The first-order valence-corrected chi connectivity index (χ1v) is 36.4. The van der Waals surface area contributed by atoms with Crippen LogP contribution in [0.25, 0.3) is 0 Å². The number of nitrogens with zero attached hydrogens (tertiary/aromatic N) is 3. The highest BCUT2D eigenvalue weighted by Crippen LogP contribution is 2.14. The molecular formula is C61H123N7O4S4. The van der Waals surface area contributed by atoms with E-state index in [0.717, 1.165) is 72.2 Å². The van der Waals surface area contributed by atoms with Crippen molar-refractivity contribution >= 4 is 70.7 Å². The van der Waals surface area contributed by atoms with Crippen LogP contribution in [0.5, 0.6) is 0 Å². The van der Waals surface area contributed by atoms with Crippen LogP contribution in [-0.4, -0.2) is 170 Å². The number of rotatable bonds is 62. The van der Waals surface area contributed by atoms with Crippen molar-refractivity contribution in [1.82, 2.24) is 36.0 Å². The minimum atomic E-state index is 0.0746. The van der Waals surface area contributed by atoms with Crippen LogP contribution in [0.1, 0.15) is 233 Å². The molecule has 0 rings (SSSR count). The maximum Gasteiger partial charge on any atom is 0.221 e. The van der Waals surface area contributed by atoms with Crippen LogP contribution in [-0.2, 0) is 19.2 Å². The Kier molecular flexibility index (Phi) is 61.1. The molecule has 76 heavy (non-hydrogen) atoms. The normalized spacial score (nSPS) is 11.6. The maximum atomic E-state index is 13.0. The first-order chi connectivity index (χ1) is 37.2. The van der Waals surface area contributed by atoms with E-state index in [1.807, 2.05) is 47.0 Å². The number of carbonyl (C=O) groups is 4. The highest BCUT2D eigenvalue weighted by Gasteiger charge is 2.15. The molecule has 0 aromatic heterocycles. The Balaban J connectivity index is 5.16. The zero-order chi connectivity index (χ0) is 55.5. The molecule has 0 saturated carbocycles. The van der Waals surface area contributed by atoms with Crippen LogP contribution in [0.3, 0.4) is 0 Å². The van der Waals surface area contributed by atoms with Crippen molar-refractivity contribution in [3.63, 3.8) is 0 Å². The topological polar surface area (TPSA) is 126 Å². The number of hydrogen-bond donors (Lipinski definition) is 4. The molecule has 11 nitrogen and oxygen atoms in total. The number of likely N-dealkylation sites (N-methyl/N-ethyl adjacent to an activating group) is 1. The van der Waals surface area contributed by atoms with Crippen LogP contribution in [0.4, 0.5) is 0 Å². The molecule has 0 aromatic rings. The highest BCUT2D eigenvalue weighted by atomic mass is 32.2. The van der Waals surface area contributed by atoms with Gasteiger partial charge in [-0.3, -0.25) is 19.2 Å². The standard InChI is InChI=1S/C61H123N7O4S4/c1-6-10-14-18-22-26-30-50-73-54-38-62-58(69)34-42-67(43-35-59(70)63-39-55-74-51-31-27-23-19-15-11-7-2)48-46-66(5)47-49-68(44-36-60(71)64-40-56-75-52-32-28-24-20-16-12-8-3)45-37-61(72)65-41-57-76-53-33-29-25-21-17-13-9-4/h6-57H2,1-5H3,(H,62,69)(H,63,70)(H,64,71)(H,65,72). The average Bonchev–Trinajstić information content (AvgIpc) is 3.41. The lowest BCUT2D eigenvalue weighted by atomic mass is 10.1. The summed E-state index contributed by atoms with van der Waals surface area (Å²) in [6.07, 6.45) is 38.6. The summed E-state index contributed by atoms with van der Waals surface area (Å²) in [7, 11) is 2.12. The van der Waals surface area contributed by atoms with Gasteiger partial charge in [-0.25, -0.2) is 0 Å². The van der Waals surface area contributed by atoms with Crippen LogP contribution >= 0.6 is 47.0 Å². The van der Waals surface area contributed by atoms with E-state index >= 15 is 0 Å². The molecule has 4 amide bonds. The van der Waals surface area contributed by atoms with Gasteiger partial charge in [0, 0.05) is 127 Å². The molecule has 0 heterocycles. The number of carbonyl (C=O) groups excluding carboxylic acids is 4. The van der Waals surface area contributed by atoms with E-state index in [4.69, 9.17) is 0 Å². The zero-order valence-corrected chi connectivity index (χ0v) is 53.6. The lowest BCUT2D eigenvalue weighted by Crippen LogP contribution is -2.41. The molecule has 4 N–H and O–H groups in total. The summed E-state index contributed by atoms with van der Waals surface area (Å²) in [5.41, 5.74) is 0. The predicted octanol–water partition coefficient (Wildman–Crippen LogP) is 13.5. The third-order valence-corrected chi connectivity index (χ3v) is 18.3. The average molecular weight is 1150 g/mol. The first-order valence-electron chi connectivity index (χ1n) is 31.8. The third kappa shape index (κ3) is 57.8. The monoisotopic (exact) mass is 1150 g/mol. The van der Waals surface area contributed by atoms with Crippen LogP contribution in [0.2, 0.25) is 0 Å². The molecule has 0 fully saturated rings. The van der Waals surface area contributed by atoms with Gasteiger partial charge >= 0.3 is 0 Å². The summed E-state index contributed by atoms with van der Waals surface area (Å²) < 4.78 is 0. The van der Waals surface area contributed by atoms with Gasteiger partial charge in [-0.15, -0.1) is 0 Å². The van der Waals surface area contributed by atoms with Gasteiger partial charge in [0.2, 0.25) is 23.6 Å². The summed E-state index contributed by atoms with van der Waals surface area (Å²) in [6, 6.07) is 0. The molecule has 0 unspecified atom stereocenters. The summed E-state index contributed by atoms with van der Waals surface area (Å²) >= 11 is 7.75.